The molecule has 104 valence electrons. The Morgan fingerprint density at radius 1 is 1.53 bits per heavy atom. The van der Waals surface area contributed by atoms with Crippen LogP contribution in [0.4, 0.5) is 5.82 Å². The molecule has 0 amide bonds. The second-order valence-electron chi connectivity index (χ2n) is 4.68. The van der Waals surface area contributed by atoms with E-state index in [1.807, 2.05) is 0 Å². The molecule has 1 unspecified atom stereocenters. The number of carbonyl (C=O) groups is 1. The standard InChI is InChI=1S/C13H17ClN2O3/c14-11-8-15-12(7-10(11)13(18)19)16-5-2-1-3-9(16)4-6-17/h7-9,17H,1-6H2,(H,18,19). The number of hydrogen-bond acceptors (Lipinski definition) is 4. The molecule has 0 aliphatic carbocycles. The second-order valence-corrected chi connectivity index (χ2v) is 5.09. The number of aliphatic hydroxyl groups excluding tert-OH is 1. The van der Waals surface area contributed by atoms with Gasteiger partial charge in [-0.25, -0.2) is 9.78 Å². The molecule has 19 heavy (non-hydrogen) atoms. The van der Waals surface area contributed by atoms with Crippen LogP contribution in [0.25, 0.3) is 0 Å². The number of anilines is 1. The van der Waals surface area contributed by atoms with Crippen molar-refractivity contribution in [2.24, 2.45) is 0 Å². The van der Waals surface area contributed by atoms with E-state index in [2.05, 4.69) is 9.88 Å². The molecule has 1 aromatic heterocycles. The van der Waals surface area contributed by atoms with Crippen molar-refractivity contribution in [3.05, 3.63) is 22.8 Å². The average Bonchev–Trinajstić information content (AvgIpc) is 2.40. The molecule has 0 spiro atoms. The fourth-order valence-electron chi connectivity index (χ4n) is 2.50. The van der Waals surface area contributed by atoms with Gasteiger partial charge in [0.1, 0.15) is 5.82 Å². The van der Waals surface area contributed by atoms with Gasteiger partial charge in [-0.05, 0) is 31.7 Å². The first kappa shape index (κ1) is 14.1. The molecule has 5 nitrogen and oxygen atoms in total. The van der Waals surface area contributed by atoms with E-state index in [9.17, 15) is 4.79 Å². The highest BCUT2D eigenvalue weighted by Gasteiger charge is 2.24. The fraction of sp³-hybridized carbons (Fsp3) is 0.538. The molecule has 0 radical (unpaired) electrons. The van der Waals surface area contributed by atoms with Gasteiger partial charge in [-0.3, -0.25) is 0 Å². The van der Waals surface area contributed by atoms with Crippen LogP contribution in [-0.2, 0) is 0 Å². The molecule has 1 aromatic rings. The van der Waals surface area contributed by atoms with Crippen LogP contribution < -0.4 is 4.90 Å². The first-order valence-electron chi connectivity index (χ1n) is 6.40. The van der Waals surface area contributed by atoms with E-state index in [0.29, 0.717) is 12.2 Å². The van der Waals surface area contributed by atoms with Crippen LogP contribution in [0.1, 0.15) is 36.0 Å². The lowest BCUT2D eigenvalue weighted by molar-refractivity contribution is 0.0697. The van der Waals surface area contributed by atoms with E-state index >= 15 is 0 Å². The van der Waals surface area contributed by atoms with Gasteiger partial charge in [-0.1, -0.05) is 11.6 Å². The molecule has 2 rings (SSSR count). The minimum Gasteiger partial charge on any atom is -0.478 e. The van der Waals surface area contributed by atoms with E-state index in [-0.39, 0.29) is 23.2 Å². The minimum atomic E-state index is -1.05. The van der Waals surface area contributed by atoms with Crippen molar-refractivity contribution in [2.45, 2.75) is 31.7 Å². The molecule has 2 heterocycles. The third-order valence-corrected chi connectivity index (χ3v) is 3.76. The van der Waals surface area contributed by atoms with Gasteiger partial charge in [0.05, 0.1) is 10.6 Å². The Balaban J connectivity index is 2.28. The summed E-state index contributed by atoms with van der Waals surface area (Å²) in [5, 5.41) is 18.3. The Morgan fingerprint density at radius 2 is 2.32 bits per heavy atom. The van der Waals surface area contributed by atoms with Gasteiger partial charge in [0.15, 0.2) is 0 Å². The predicted molar refractivity (Wildman–Crippen MR) is 72.9 cm³/mol. The summed E-state index contributed by atoms with van der Waals surface area (Å²) in [6.07, 6.45) is 5.22. The molecule has 1 aliphatic heterocycles. The summed E-state index contributed by atoms with van der Waals surface area (Å²) >= 11 is 5.83. The Labute approximate surface area is 116 Å². The van der Waals surface area contributed by atoms with Crippen molar-refractivity contribution < 1.29 is 15.0 Å². The highest BCUT2D eigenvalue weighted by molar-refractivity contribution is 6.33. The number of carboxylic acids is 1. The monoisotopic (exact) mass is 284 g/mol. The molecule has 6 heteroatoms. The number of rotatable bonds is 4. The number of carboxylic acid groups (broad SMARTS) is 1. The largest absolute Gasteiger partial charge is 0.478 e. The van der Waals surface area contributed by atoms with Gasteiger partial charge in [0, 0.05) is 25.4 Å². The van der Waals surface area contributed by atoms with Crippen molar-refractivity contribution in [1.29, 1.82) is 0 Å². The van der Waals surface area contributed by atoms with E-state index in [1.54, 1.807) is 0 Å². The molecule has 1 aliphatic rings. The molecular formula is C13H17ClN2O3. The van der Waals surface area contributed by atoms with Crippen molar-refractivity contribution in [2.75, 3.05) is 18.1 Å². The van der Waals surface area contributed by atoms with Crippen LogP contribution >= 0.6 is 11.6 Å². The van der Waals surface area contributed by atoms with Crippen molar-refractivity contribution in [1.82, 2.24) is 4.98 Å². The molecule has 0 bridgehead atoms. The van der Waals surface area contributed by atoms with Crippen molar-refractivity contribution in [3.8, 4) is 0 Å². The number of aliphatic hydroxyl groups is 1. The number of nitrogens with zero attached hydrogens (tertiary/aromatic N) is 2. The van der Waals surface area contributed by atoms with Gasteiger partial charge < -0.3 is 15.1 Å². The van der Waals surface area contributed by atoms with E-state index in [1.165, 1.54) is 12.3 Å². The van der Waals surface area contributed by atoms with Crippen molar-refractivity contribution >= 4 is 23.4 Å². The smallest absolute Gasteiger partial charge is 0.337 e. The zero-order chi connectivity index (χ0) is 13.8. The Morgan fingerprint density at radius 3 is 3.00 bits per heavy atom. The van der Waals surface area contributed by atoms with Crippen LogP contribution in [0.5, 0.6) is 0 Å². The third kappa shape index (κ3) is 3.16. The summed E-state index contributed by atoms with van der Waals surface area (Å²) in [5.74, 6) is -0.427. The zero-order valence-corrected chi connectivity index (χ0v) is 11.3. The van der Waals surface area contributed by atoms with Crippen LogP contribution in [0.2, 0.25) is 5.02 Å². The molecule has 1 saturated heterocycles. The quantitative estimate of drug-likeness (QED) is 0.886. The number of pyridine rings is 1. The number of piperidine rings is 1. The minimum absolute atomic E-state index is 0.0694. The fourth-order valence-corrected chi connectivity index (χ4v) is 2.68. The summed E-state index contributed by atoms with van der Waals surface area (Å²) in [5.41, 5.74) is 0.0694. The van der Waals surface area contributed by atoms with Crippen LogP contribution in [-0.4, -0.2) is 40.4 Å². The average molecular weight is 285 g/mol. The number of aromatic carboxylic acids is 1. The molecule has 1 fully saturated rings. The third-order valence-electron chi connectivity index (χ3n) is 3.46. The maximum atomic E-state index is 11.1. The van der Waals surface area contributed by atoms with Gasteiger partial charge in [-0.2, -0.15) is 0 Å². The Bertz CT molecular complexity index is 465. The highest BCUT2D eigenvalue weighted by Crippen LogP contribution is 2.27. The summed E-state index contributed by atoms with van der Waals surface area (Å²) in [6.45, 7) is 0.957. The summed E-state index contributed by atoms with van der Waals surface area (Å²) in [4.78, 5) is 17.4. The van der Waals surface area contributed by atoms with E-state index < -0.39 is 5.97 Å². The maximum Gasteiger partial charge on any atom is 0.337 e. The van der Waals surface area contributed by atoms with Gasteiger partial charge in [0.2, 0.25) is 0 Å². The van der Waals surface area contributed by atoms with Crippen LogP contribution in [0, 0.1) is 0 Å². The lowest BCUT2D eigenvalue weighted by Gasteiger charge is -2.36. The van der Waals surface area contributed by atoms with Crippen LogP contribution in [0.3, 0.4) is 0 Å². The first-order valence-corrected chi connectivity index (χ1v) is 6.77. The second kappa shape index (κ2) is 6.21. The molecular weight excluding hydrogens is 268 g/mol. The topological polar surface area (TPSA) is 73.7 Å². The normalized spacial score (nSPS) is 19.5. The van der Waals surface area contributed by atoms with Gasteiger partial charge >= 0.3 is 5.97 Å². The lowest BCUT2D eigenvalue weighted by Crippen LogP contribution is -2.40. The van der Waals surface area contributed by atoms with Crippen LogP contribution in [0.15, 0.2) is 12.3 Å². The SMILES string of the molecule is O=C(O)c1cc(N2CCCCC2CCO)ncc1Cl. The summed E-state index contributed by atoms with van der Waals surface area (Å²) in [7, 11) is 0. The van der Waals surface area contributed by atoms with Crippen molar-refractivity contribution in [3.63, 3.8) is 0 Å². The number of halogens is 1. The molecule has 0 aromatic carbocycles. The van der Waals surface area contributed by atoms with Gasteiger partial charge in [0.25, 0.3) is 0 Å². The zero-order valence-electron chi connectivity index (χ0n) is 10.5. The summed E-state index contributed by atoms with van der Waals surface area (Å²) < 4.78 is 0. The number of aromatic nitrogens is 1. The Kier molecular flexibility index (Phi) is 4.61. The summed E-state index contributed by atoms with van der Waals surface area (Å²) in [6, 6.07) is 1.73. The maximum absolute atomic E-state index is 11.1. The molecule has 1 atom stereocenters. The Hall–Kier alpha value is -1.33. The first-order chi connectivity index (χ1) is 9.13. The van der Waals surface area contributed by atoms with Gasteiger partial charge in [-0.15, -0.1) is 0 Å². The predicted octanol–water partition coefficient (Wildman–Crippen LogP) is 2.17. The molecule has 2 N–H and O–H groups in total. The lowest BCUT2D eigenvalue weighted by atomic mass is 9.99. The van der Waals surface area contributed by atoms with E-state index in [4.69, 9.17) is 21.8 Å². The van der Waals surface area contributed by atoms with E-state index in [0.717, 1.165) is 25.8 Å². The number of hydrogen-bond donors (Lipinski definition) is 2. The molecule has 0 saturated carbocycles. The highest BCUT2D eigenvalue weighted by atomic mass is 35.5.